The lowest BCUT2D eigenvalue weighted by atomic mass is 10.1. The molecule has 0 atom stereocenters. The van der Waals surface area contributed by atoms with Gasteiger partial charge in [-0.05, 0) is 37.1 Å². The maximum absolute atomic E-state index is 13.1. The molecule has 0 aliphatic carbocycles. The zero-order valence-corrected chi connectivity index (χ0v) is 16.3. The standard InChI is InChI=1S/C20H19Cl2NO4/c1-13-5-2-3-6-16(13)25-10-4-9-23-18-14(7-8-15(21)17(18)22)20(19(23)24)26-11-12-27-20/h2-3,5-8H,4,9-12H2,1H3. The molecule has 2 aromatic rings. The molecule has 1 saturated heterocycles. The van der Waals surface area contributed by atoms with Gasteiger partial charge in [-0.1, -0.05) is 41.4 Å². The van der Waals surface area contributed by atoms with Crippen molar-refractivity contribution >= 4 is 34.8 Å². The highest BCUT2D eigenvalue weighted by molar-refractivity contribution is 6.44. The van der Waals surface area contributed by atoms with E-state index in [9.17, 15) is 4.79 Å². The first-order chi connectivity index (χ1) is 13.0. The van der Waals surface area contributed by atoms with Crippen LogP contribution in [-0.4, -0.2) is 32.3 Å². The average molecular weight is 408 g/mol. The molecule has 0 aromatic heterocycles. The first-order valence-electron chi connectivity index (χ1n) is 8.81. The summed E-state index contributed by atoms with van der Waals surface area (Å²) in [5.41, 5.74) is 2.24. The molecule has 142 valence electrons. The number of nitrogens with zero attached hydrogens (tertiary/aromatic N) is 1. The zero-order chi connectivity index (χ0) is 19.0. The number of hydrogen-bond acceptors (Lipinski definition) is 4. The number of hydrogen-bond donors (Lipinski definition) is 0. The molecule has 2 aliphatic rings. The van der Waals surface area contributed by atoms with Crippen LogP contribution >= 0.6 is 23.2 Å². The smallest absolute Gasteiger partial charge is 0.292 e. The van der Waals surface area contributed by atoms with E-state index in [1.54, 1.807) is 17.0 Å². The number of ether oxygens (including phenoxy) is 3. The minimum Gasteiger partial charge on any atom is -0.493 e. The molecule has 0 saturated carbocycles. The second-order valence-electron chi connectivity index (χ2n) is 6.50. The summed E-state index contributed by atoms with van der Waals surface area (Å²) in [5, 5.41) is 0.720. The van der Waals surface area contributed by atoms with Crippen LogP contribution in [0.1, 0.15) is 17.5 Å². The van der Waals surface area contributed by atoms with Crippen molar-refractivity contribution in [3.8, 4) is 5.75 Å². The van der Waals surface area contributed by atoms with Crippen LogP contribution in [0.2, 0.25) is 10.0 Å². The molecule has 27 heavy (non-hydrogen) atoms. The van der Waals surface area contributed by atoms with Gasteiger partial charge in [0.15, 0.2) is 0 Å². The highest BCUT2D eigenvalue weighted by Crippen LogP contribution is 2.50. The number of amides is 1. The first-order valence-corrected chi connectivity index (χ1v) is 9.57. The Morgan fingerprint density at radius 1 is 1.15 bits per heavy atom. The molecule has 2 aromatic carbocycles. The summed E-state index contributed by atoms with van der Waals surface area (Å²) in [6.45, 7) is 3.60. The molecular weight excluding hydrogens is 389 g/mol. The summed E-state index contributed by atoms with van der Waals surface area (Å²) < 4.78 is 17.3. The normalized spacial score (nSPS) is 17.6. The van der Waals surface area contributed by atoms with Gasteiger partial charge in [-0.15, -0.1) is 0 Å². The largest absolute Gasteiger partial charge is 0.493 e. The van der Waals surface area contributed by atoms with Crippen molar-refractivity contribution in [1.29, 1.82) is 0 Å². The van der Waals surface area contributed by atoms with Gasteiger partial charge in [-0.2, -0.15) is 0 Å². The van der Waals surface area contributed by atoms with Crippen molar-refractivity contribution in [1.82, 2.24) is 0 Å². The molecule has 5 nitrogen and oxygen atoms in total. The van der Waals surface area contributed by atoms with E-state index in [2.05, 4.69) is 0 Å². The second kappa shape index (κ2) is 7.32. The second-order valence-corrected chi connectivity index (χ2v) is 7.28. The fourth-order valence-electron chi connectivity index (χ4n) is 3.49. The molecule has 0 N–H and O–H groups in total. The lowest BCUT2D eigenvalue weighted by molar-refractivity contribution is -0.180. The van der Waals surface area contributed by atoms with Crippen LogP contribution in [0, 0.1) is 6.92 Å². The van der Waals surface area contributed by atoms with Gasteiger partial charge in [-0.25, -0.2) is 0 Å². The number of halogens is 2. The van der Waals surface area contributed by atoms with Crippen molar-refractivity contribution in [2.24, 2.45) is 0 Å². The summed E-state index contributed by atoms with van der Waals surface area (Å²) in [4.78, 5) is 14.7. The Labute approximate surface area is 167 Å². The number of carbonyl (C=O) groups is 1. The van der Waals surface area contributed by atoms with Crippen molar-refractivity contribution in [2.45, 2.75) is 19.1 Å². The molecule has 7 heteroatoms. The van der Waals surface area contributed by atoms with Gasteiger partial charge < -0.3 is 19.1 Å². The molecule has 1 amide bonds. The van der Waals surface area contributed by atoms with E-state index < -0.39 is 5.79 Å². The van der Waals surface area contributed by atoms with E-state index in [0.29, 0.717) is 54.1 Å². The van der Waals surface area contributed by atoms with Crippen LogP contribution in [0.25, 0.3) is 0 Å². The molecule has 0 bridgehead atoms. The van der Waals surface area contributed by atoms with Crippen LogP contribution in [-0.2, 0) is 20.1 Å². The third-order valence-corrected chi connectivity index (χ3v) is 5.59. The Kier molecular flexibility index (Phi) is 5.03. The summed E-state index contributed by atoms with van der Waals surface area (Å²) >= 11 is 12.6. The summed E-state index contributed by atoms with van der Waals surface area (Å²) in [5.74, 6) is -0.832. The van der Waals surface area contributed by atoms with Crippen LogP contribution in [0.15, 0.2) is 36.4 Å². The lowest BCUT2D eigenvalue weighted by Crippen LogP contribution is -2.41. The number of anilines is 1. The SMILES string of the molecule is Cc1ccccc1OCCCN1C(=O)C2(OCCO2)c2ccc(Cl)c(Cl)c21. The molecule has 4 rings (SSSR count). The van der Waals surface area contributed by atoms with E-state index in [1.165, 1.54) is 0 Å². The topological polar surface area (TPSA) is 48.0 Å². The van der Waals surface area contributed by atoms with Gasteiger partial charge in [0.25, 0.3) is 11.7 Å². The van der Waals surface area contributed by atoms with E-state index in [0.717, 1.165) is 11.3 Å². The molecule has 1 fully saturated rings. The van der Waals surface area contributed by atoms with Crippen LogP contribution < -0.4 is 9.64 Å². The Balaban J connectivity index is 1.52. The van der Waals surface area contributed by atoms with Crippen molar-refractivity contribution < 1.29 is 19.0 Å². The molecular formula is C20H19Cl2NO4. The van der Waals surface area contributed by atoms with Gasteiger partial charge in [0.05, 0.1) is 35.6 Å². The van der Waals surface area contributed by atoms with Crippen molar-refractivity contribution in [2.75, 3.05) is 31.3 Å². The van der Waals surface area contributed by atoms with E-state index in [4.69, 9.17) is 37.4 Å². The first kappa shape index (κ1) is 18.6. The van der Waals surface area contributed by atoms with Crippen molar-refractivity contribution in [3.05, 3.63) is 57.6 Å². The maximum atomic E-state index is 13.1. The van der Waals surface area contributed by atoms with Crippen molar-refractivity contribution in [3.63, 3.8) is 0 Å². The monoisotopic (exact) mass is 407 g/mol. The number of para-hydroxylation sites is 1. The maximum Gasteiger partial charge on any atom is 0.292 e. The summed E-state index contributed by atoms with van der Waals surface area (Å²) in [6, 6.07) is 11.2. The Bertz CT molecular complexity index is 880. The minimum absolute atomic E-state index is 0.268. The van der Waals surface area contributed by atoms with Crippen LogP contribution in [0.4, 0.5) is 5.69 Å². The Morgan fingerprint density at radius 3 is 2.63 bits per heavy atom. The lowest BCUT2D eigenvalue weighted by Gasteiger charge is -2.22. The highest BCUT2D eigenvalue weighted by atomic mass is 35.5. The van der Waals surface area contributed by atoms with E-state index >= 15 is 0 Å². The molecule has 2 heterocycles. The van der Waals surface area contributed by atoms with Crippen LogP contribution in [0.3, 0.4) is 0 Å². The summed E-state index contributed by atoms with van der Waals surface area (Å²) in [6.07, 6.45) is 0.623. The molecule has 1 spiro atoms. The van der Waals surface area contributed by atoms with E-state index in [1.807, 2.05) is 31.2 Å². The zero-order valence-electron chi connectivity index (χ0n) is 14.8. The van der Waals surface area contributed by atoms with Gasteiger partial charge in [0.2, 0.25) is 0 Å². The molecule has 0 radical (unpaired) electrons. The number of aryl methyl sites for hydroxylation is 1. The Morgan fingerprint density at radius 2 is 1.89 bits per heavy atom. The highest BCUT2D eigenvalue weighted by Gasteiger charge is 2.56. The third kappa shape index (κ3) is 3.09. The van der Waals surface area contributed by atoms with Gasteiger partial charge >= 0.3 is 0 Å². The fraction of sp³-hybridized carbons (Fsp3) is 0.350. The van der Waals surface area contributed by atoms with Gasteiger partial charge in [0, 0.05) is 12.1 Å². The molecule has 0 unspecified atom stereocenters. The van der Waals surface area contributed by atoms with Crippen LogP contribution in [0.5, 0.6) is 5.75 Å². The number of benzene rings is 2. The predicted octanol–water partition coefficient (Wildman–Crippen LogP) is 4.32. The van der Waals surface area contributed by atoms with Gasteiger partial charge in [-0.3, -0.25) is 4.79 Å². The number of fused-ring (bicyclic) bond motifs is 2. The number of rotatable bonds is 5. The van der Waals surface area contributed by atoms with E-state index in [-0.39, 0.29) is 5.91 Å². The average Bonchev–Trinajstić information content (AvgIpc) is 3.24. The number of carbonyl (C=O) groups excluding carboxylic acids is 1. The van der Waals surface area contributed by atoms with Gasteiger partial charge in [0.1, 0.15) is 5.75 Å². The minimum atomic E-state index is -1.40. The summed E-state index contributed by atoms with van der Waals surface area (Å²) in [7, 11) is 0. The molecule has 2 aliphatic heterocycles. The predicted molar refractivity (Wildman–Crippen MR) is 104 cm³/mol. The third-order valence-electron chi connectivity index (χ3n) is 4.79. The Hall–Kier alpha value is -1.79. The fourth-order valence-corrected chi connectivity index (χ4v) is 3.91. The quantitative estimate of drug-likeness (QED) is 0.692.